The van der Waals surface area contributed by atoms with E-state index in [9.17, 15) is 4.79 Å². The Hall–Kier alpha value is -2.15. The van der Waals surface area contributed by atoms with Crippen molar-refractivity contribution in [2.75, 3.05) is 0 Å². The molecule has 4 rings (SSSR count). The molecule has 0 radical (unpaired) electrons. The van der Waals surface area contributed by atoms with Crippen molar-refractivity contribution >= 4 is 39.7 Å². The van der Waals surface area contributed by atoms with Gasteiger partial charge >= 0.3 is 0 Å². The largest absolute Gasteiger partial charge is 0.352 e. The van der Waals surface area contributed by atoms with E-state index in [0.717, 1.165) is 35.0 Å². The monoisotopic (exact) mass is 397 g/mol. The molecule has 0 bridgehead atoms. The van der Waals surface area contributed by atoms with Crippen LogP contribution in [0.3, 0.4) is 0 Å². The van der Waals surface area contributed by atoms with Gasteiger partial charge in [0, 0.05) is 18.0 Å². The van der Waals surface area contributed by atoms with Crippen LogP contribution in [0.1, 0.15) is 46.5 Å². The van der Waals surface area contributed by atoms with Crippen molar-refractivity contribution < 1.29 is 4.79 Å². The Morgan fingerprint density at radius 2 is 2.07 bits per heavy atom. The highest BCUT2D eigenvalue weighted by Gasteiger charge is 2.26. The van der Waals surface area contributed by atoms with Crippen LogP contribution in [0.5, 0.6) is 0 Å². The third kappa shape index (κ3) is 3.60. The summed E-state index contributed by atoms with van der Waals surface area (Å²) >= 11 is 1.38. The number of rotatable bonds is 5. The van der Waals surface area contributed by atoms with Gasteiger partial charge in [-0.2, -0.15) is 0 Å². The number of benzene rings is 1. The van der Waals surface area contributed by atoms with E-state index < -0.39 is 0 Å². The van der Waals surface area contributed by atoms with Crippen molar-refractivity contribution in [3.63, 3.8) is 0 Å². The minimum absolute atomic E-state index is 0.0588. The molecule has 0 aliphatic heterocycles. The minimum atomic E-state index is -0.257. The number of aryl methyl sites for hydroxylation is 1. The number of thioether (sulfide) groups is 1. The van der Waals surface area contributed by atoms with Gasteiger partial charge in [-0.05, 0) is 38.7 Å². The van der Waals surface area contributed by atoms with E-state index in [1.807, 2.05) is 19.1 Å². The highest BCUT2D eigenvalue weighted by atomic mass is 32.2. The summed E-state index contributed by atoms with van der Waals surface area (Å²) in [5.41, 5.74) is 2.76. The Bertz CT molecular complexity index is 1000. The van der Waals surface area contributed by atoms with Gasteiger partial charge in [0.05, 0.1) is 10.8 Å². The predicted octanol–water partition coefficient (Wildman–Crippen LogP) is 4.17. The maximum Gasteiger partial charge on any atom is 0.233 e. The normalized spacial score (nSPS) is 21.1. The third-order valence-corrected chi connectivity index (χ3v) is 6.71. The smallest absolute Gasteiger partial charge is 0.233 e. The summed E-state index contributed by atoms with van der Waals surface area (Å²) in [5, 5.41) is 13.3. The molecule has 2 aromatic heterocycles. The first-order valence-electron chi connectivity index (χ1n) is 10.2. The van der Waals surface area contributed by atoms with E-state index in [4.69, 9.17) is 4.98 Å². The number of fused-ring (bicyclic) bond motifs is 3. The fourth-order valence-electron chi connectivity index (χ4n) is 4.10. The lowest BCUT2D eigenvalue weighted by atomic mass is 9.86. The third-order valence-electron chi connectivity index (χ3n) is 5.76. The number of carbonyl (C=O) groups is 1. The minimum Gasteiger partial charge on any atom is -0.352 e. The first-order chi connectivity index (χ1) is 13.6. The molecule has 3 atom stereocenters. The summed E-state index contributed by atoms with van der Waals surface area (Å²) in [4.78, 5) is 17.4. The molecule has 1 N–H and O–H groups in total. The second-order valence-electron chi connectivity index (χ2n) is 7.66. The molecule has 0 saturated heterocycles. The van der Waals surface area contributed by atoms with Gasteiger partial charge in [0.15, 0.2) is 5.65 Å². The van der Waals surface area contributed by atoms with E-state index in [1.165, 1.54) is 31.0 Å². The molecule has 2 heterocycles. The second-order valence-corrected chi connectivity index (χ2v) is 8.97. The first kappa shape index (κ1) is 19.2. The molecular formula is C21H27N5OS. The number of aromatic nitrogens is 4. The molecule has 1 amide bonds. The number of nitrogens with one attached hydrogen (secondary N) is 1. The topological polar surface area (TPSA) is 72.7 Å². The van der Waals surface area contributed by atoms with Gasteiger partial charge in [-0.3, -0.25) is 4.79 Å². The lowest BCUT2D eigenvalue weighted by Gasteiger charge is -2.30. The number of carbonyl (C=O) groups excluding carboxylic acids is 1. The zero-order valence-corrected chi connectivity index (χ0v) is 17.5. The fraction of sp³-hybridized carbons (Fsp3) is 0.524. The molecule has 1 saturated carbocycles. The number of nitrogens with zero attached hydrogens (tertiary/aromatic N) is 4. The van der Waals surface area contributed by atoms with Gasteiger partial charge in [0.2, 0.25) is 11.1 Å². The number of hydrogen-bond acceptors (Lipinski definition) is 5. The van der Waals surface area contributed by atoms with Gasteiger partial charge in [-0.25, -0.2) is 4.98 Å². The Morgan fingerprint density at radius 3 is 2.86 bits per heavy atom. The summed E-state index contributed by atoms with van der Waals surface area (Å²) in [6.45, 7) is 7.05. The van der Waals surface area contributed by atoms with Gasteiger partial charge in [-0.1, -0.05) is 49.7 Å². The maximum absolute atomic E-state index is 12.7. The van der Waals surface area contributed by atoms with Crippen LogP contribution in [0.4, 0.5) is 0 Å². The van der Waals surface area contributed by atoms with Crippen LogP contribution < -0.4 is 5.32 Å². The SMILES string of the molecule is CCn1c2ccccc2c2nnc(S[C@@H](C)C(=O)N[C@H]3CCCC[C@@H]3C)nc21. The standard InChI is InChI=1S/C21H27N5OS/c1-4-26-17-12-8-6-10-15(17)18-19(26)23-21(25-24-18)28-14(3)20(27)22-16-11-7-5-9-13(16)2/h6,8,10,12-14,16H,4-5,7,9,11H2,1-3H3,(H,22,27)/t13-,14-,16-/m0/s1. The molecule has 148 valence electrons. The highest BCUT2D eigenvalue weighted by molar-refractivity contribution is 8.00. The summed E-state index contributed by atoms with van der Waals surface area (Å²) < 4.78 is 2.15. The average Bonchev–Trinajstić information content (AvgIpc) is 3.02. The molecular weight excluding hydrogens is 370 g/mol. The molecule has 1 aliphatic carbocycles. The fourth-order valence-corrected chi connectivity index (χ4v) is 4.82. The summed E-state index contributed by atoms with van der Waals surface area (Å²) in [5.74, 6) is 0.605. The van der Waals surface area contributed by atoms with Gasteiger partial charge in [-0.15, -0.1) is 10.2 Å². The highest BCUT2D eigenvalue weighted by Crippen LogP contribution is 2.29. The summed E-state index contributed by atoms with van der Waals surface area (Å²) in [6, 6.07) is 8.44. The van der Waals surface area contributed by atoms with Crippen LogP contribution in [0.2, 0.25) is 0 Å². The molecule has 28 heavy (non-hydrogen) atoms. The van der Waals surface area contributed by atoms with E-state index in [2.05, 4.69) is 46.1 Å². The Kier molecular flexibility index (Phi) is 5.53. The molecule has 7 heteroatoms. The van der Waals surface area contributed by atoms with E-state index in [-0.39, 0.29) is 17.2 Å². The van der Waals surface area contributed by atoms with Crippen molar-refractivity contribution in [1.29, 1.82) is 0 Å². The molecule has 6 nitrogen and oxygen atoms in total. The molecule has 0 unspecified atom stereocenters. The van der Waals surface area contributed by atoms with Crippen LogP contribution >= 0.6 is 11.8 Å². The quantitative estimate of drug-likeness (QED) is 0.654. The average molecular weight is 398 g/mol. The van der Waals surface area contributed by atoms with Crippen molar-refractivity contribution in [3.8, 4) is 0 Å². The molecule has 1 fully saturated rings. The van der Waals surface area contributed by atoms with E-state index in [1.54, 1.807) is 0 Å². The van der Waals surface area contributed by atoms with Crippen LogP contribution in [0.25, 0.3) is 22.1 Å². The molecule has 1 aliphatic rings. The Balaban J connectivity index is 1.54. The first-order valence-corrected chi connectivity index (χ1v) is 11.0. The summed E-state index contributed by atoms with van der Waals surface area (Å²) in [6.07, 6.45) is 4.73. The number of hydrogen-bond donors (Lipinski definition) is 1. The van der Waals surface area contributed by atoms with Gasteiger partial charge < -0.3 is 9.88 Å². The number of amides is 1. The van der Waals surface area contributed by atoms with E-state index in [0.29, 0.717) is 11.1 Å². The lowest BCUT2D eigenvalue weighted by molar-refractivity contribution is -0.121. The van der Waals surface area contributed by atoms with Crippen molar-refractivity contribution in [2.24, 2.45) is 5.92 Å². The van der Waals surface area contributed by atoms with Crippen LogP contribution in [0, 0.1) is 5.92 Å². The van der Waals surface area contributed by atoms with Crippen LogP contribution in [-0.4, -0.2) is 36.9 Å². The molecule has 0 spiro atoms. The van der Waals surface area contributed by atoms with Crippen LogP contribution in [0.15, 0.2) is 29.4 Å². The number of para-hydroxylation sites is 1. The Morgan fingerprint density at radius 1 is 1.29 bits per heavy atom. The maximum atomic E-state index is 12.7. The van der Waals surface area contributed by atoms with Crippen molar-refractivity contribution in [1.82, 2.24) is 25.1 Å². The van der Waals surface area contributed by atoms with Gasteiger partial charge in [0.25, 0.3) is 0 Å². The van der Waals surface area contributed by atoms with Crippen molar-refractivity contribution in [3.05, 3.63) is 24.3 Å². The van der Waals surface area contributed by atoms with Gasteiger partial charge in [0.1, 0.15) is 5.52 Å². The van der Waals surface area contributed by atoms with E-state index >= 15 is 0 Å². The second kappa shape index (κ2) is 8.07. The molecule has 3 aromatic rings. The molecule has 1 aromatic carbocycles. The van der Waals surface area contributed by atoms with Crippen molar-refractivity contribution in [2.45, 2.75) is 69.4 Å². The Labute approximate surface area is 169 Å². The zero-order chi connectivity index (χ0) is 19.7. The lowest BCUT2D eigenvalue weighted by Crippen LogP contribution is -2.44. The van der Waals surface area contributed by atoms with Crippen LogP contribution in [-0.2, 0) is 11.3 Å². The zero-order valence-electron chi connectivity index (χ0n) is 16.7. The predicted molar refractivity (Wildman–Crippen MR) is 113 cm³/mol. The summed E-state index contributed by atoms with van der Waals surface area (Å²) in [7, 11) is 0.